The van der Waals surface area contributed by atoms with Gasteiger partial charge in [-0.05, 0) is 55.7 Å². The van der Waals surface area contributed by atoms with Crippen LogP contribution in [0.5, 0.6) is 5.75 Å². The highest BCUT2D eigenvalue weighted by molar-refractivity contribution is 5.85. The molecule has 2 aliphatic heterocycles. The zero-order valence-electron chi connectivity index (χ0n) is 21.3. The molecule has 2 heterocycles. The van der Waals surface area contributed by atoms with E-state index in [9.17, 15) is 4.79 Å². The van der Waals surface area contributed by atoms with E-state index in [1.54, 1.807) is 17.0 Å². The molecule has 2 aromatic rings. The van der Waals surface area contributed by atoms with Crippen molar-refractivity contribution >= 4 is 11.7 Å². The minimum atomic E-state index is -0.516. The lowest BCUT2D eigenvalue weighted by molar-refractivity contribution is -0.0144. The maximum atomic E-state index is 12.6. The molecule has 1 atom stereocenters. The van der Waals surface area contributed by atoms with Crippen molar-refractivity contribution in [3.05, 3.63) is 71.3 Å². The highest BCUT2D eigenvalue weighted by atomic mass is 16.6. The van der Waals surface area contributed by atoms with Gasteiger partial charge in [-0.1, -0.05) is 36.4 Å². The SMILES string of the molecule is CN(N)N(C)C(N)c1cccc(C2=CC3(CCN(C(=O)OC(C)(C)C)CC3)Oc3ccccc32)c1. The van der Waals surface area contributed by atoms with Gasteiger partial charge in [-0.25, -0.2) is 9.80 Å². The molecule has 188 valence electrons. The summed E-state index contributed by atoms with van der Waals surface area (Å²) in [5.41, 5.74) is 9.64. The molecule has 1 fully saturated rings. The van der Waals surface area contributed by atoms with Gasteiger partial charge in [-0.3, -0.25) is 5.84 Å². The molecule has 1 saturated heterocycles. The Morgan fingerprint density at radius 1 is 1.11 bits per heavy atom. The monoisotopic (exact) mass is 479 g/mol. The van der Waals surface area contributed by atoms with Crippen LogP contribution in [0.2, 0.25) is 0 Å². The Hall–Kier alpha value is -2.91. The van der Waals surface area contributed by atoms with Gasteiger partial charge in [0.15, 0.2) is 0 Å². The number of hydrogen-bond donors (Lipinski definition) is 2. The molecular formula is C27H37N5O3. The van der Waals surface area contributed by atoms with Gasteiger partial charge in [0.2, 0.25) is 0 Å². The summed E-state index contributed by atoms with van der Waals surface area (Å²) in [5, 5.41) is 3.26. The molecule has 2 aliphatic rings. The third-order valence-corrected chi connectivity index (χ3v) is 6.60. The Morgan fingerprint density at radius 3 is 2.46 bits per heavy atom. The minimum absolute atomic E-state index is 0.275. The molecule has 0 bridgehead atoms. The molecule has 0 radical (unpaired) electrons. The number of benzene rings is 2. The second-order valence-corrected chi connectivity index (χ2v) is 10.4. The Balaban J connectivity index is 1.64. The molecule has 0 saturated carbocycles. The van der Waals surface area contributed by atoms with Crippen molar-refractivity contribution in [2.24, 2.45) is 11.6 Å². The lowest BCUT2D eigenvalue weighted by Gasteiger charge is -2.43. The Bertz CT molecular complexity index is 1100. The lowest BCUT2D eigenvalue weighted by Crippen LogP contribution is -2.50. The molecule has 1 spiro atoms. The fourth-order valence-electron chi connectivity index (χ4n) is 4.55. The normalized spacial score (nSPS) is 18.2. The number of para-hydroxylation sites is 1. The minimum Gasteiger partial charge on any atom is -0.482 e. The average Bonchev–Trinajstić information content (AvgIpc) is 2.82. The van der Waals surface area contributed by atoms with E-state index in [0.717, 1.165) is 28.0 Å². The predicted octanol–water partition coefficient (Wildman–Crippen LogP) is 3.89. The number of rotatable bonds is 4. The largest absolute Gasteiger partial charge is 0.482 e. The number of carbonyl (C=O) groups excluding carboxylic acids is 1. The van der Waals surface area contributed by atoms with E-state index >= 15 is 0 Å². The zero-order valence-corrected chi connectivity index (χ0v) is 21.3. The summed E-state index contributed by atoms with van der Waals surface area (Å²) in [6, 6.07) is 16.3. The molecule has 1 unspecified atom stereocenters. The summed E-state index contributed by atoms with van der Waals surface area (Å²) in [6.45, 7) is 6.79. The van der Waals surface area contributed by atoms with Crippen molar-refractivity contribution < 1.29 is 14.3 Å². The summed E-state index contributed by atoms with van der Waals surface area (Å²) in [6.07, 6.45) is 2.94. The van der Waals surface area contributed by atoms with Gasteiger partial charge < -0.3 is 20.1 Å². The standard InChI is InChI=1S/C27H37N5O3/c1-26(2,3)35-25(33)32-15-13-27(14-16-32)18-22(21-11-6-7-12-23(21)34-27)19-9-8-10-20(17-19)24(28)30(4)31(5)29/h6-12,17-18,24H,13-16,28-29H2,1-5H3. The van der Waals surface area contributed by atoms with Gasteiger partial charge in [-0.15, -0.1) is 0 Å². The highest BCUT2D eigenvalue weighted by Gasteiger charge is 2.40. The number of nitrogens with zero attached hydrogens (tertiary/aromatic N) is 3. The number of ether oxygens (including phenoxy) is 2. The Labute approximate surface area is 208 Å². The van der Waals surface area contributed by atoms with Gasteiger partial charge in [0, 0.05) is 45.6 Å². The molecule has 0 aromatic heterocycles. The number of piperidine rings is 1. The fourth-order valence-corrected chi connectivity index (χ4v) is 4.55. The topological polar surface area (TPSA) is 97.3 Å². The first-order chi connectivity index (χ1) is 16.5. The highest BCUT2D eigenvalue weighted by Crippen LogP contribution is 2.43. The first kappa shape index (κ1) is 25.2. The van der Waals surface area contributed by atoms with E-state index in [0.29, 0.717) is 25.9 Å². The summed E-state index contributed by atoms with van der Waals surface area (Å²) in [5.74, 6) is 6.74. The lowest BCUT2D eigenvalue weighted by atomic mass is 9.82. The first-order valence-corrected chi connectivity index (χ1v) is 12.0. The van der Waals surface area contributed by atoms with E-state index in [1.165, 1.54) is 5.12 Å². The van der Waals surface area contributed by atoms with E-state index in [-0.39, 0.29) is 12.3 Å². The average molecular weight is 480 g/mol. The van der Waals surface area contributed by atoms with Crippen LogP contribution in [-0.4, -0.2) is 59.5 Å². The number of amides is 1. The second kappa shape index (κ2) is 9.62. The maximum absolute atomic E-state index is 12.6. The smallest absolute Gasteiger partial charge is 0.410 e. The number of carbonyl (C=O) groups is 1. The van der Waals surface area contributed by atoms with Crippen molar-refractivity contribution in [3.8, 4) is 5.75 Å². The summed E-state index contributed by atoms with van der Waals surface area (Å²) >= 11 is 0. The molecule has 35 heavy (non-hydrogen) atoms. The van der Waals surface area contributed by atoms with Crippen LogP contribution in [-0.2, 0) is 4.74 Å². The van der Waals surface area contributed by atoms with Crippen molar-refractivity contribution in [2.45, 2.75) is 51.0 Å². The van der Waals surface area contributed by atoms with Crippen molar-refractivity contribution in [3.63, 3.8) is 0 Å². The van der Waals surface area contributed by atoms with Crippen LogP contribution in [0.15, 0.2) is 54.6 Å². The molecule has 8 heteroatoms. The zero-order chi connectivity index (χ0) is 25.4. The van der Waals surface area contributed by atoms with E-state index in [2.05, 4.69) is 24.3 Å². The van der Waals surface area contributed by atoms with E-state index in [1.807, 2.05) is 58.2 Å². The molecule has 2 aromatic carbocycles. The maximum Gasteiger partial charge on any atom is 0.410 e. The van der Waals surface area contributed by atoms with Gasteiger partial charge in [0.1, 0.15) is 17.0 Å². The van der Waals surface area contributed by atoms with E-state index in [4.69, 9.17) is 21.1 Å². The molecular weight excluding hydrogens is 442 g/mol. The number of fused-ring (bicyclic) bond motifs is 1. The number of hydrazine groups is 2. The van der Waals surface area contributed by atoms with Crippen LogP contribution >= 0.6 is 0 Å². The molecule has 1 amide bonds. The summed E-state index contributed by atoms with van der Waals surface area (Å²) in [7, 11) is 3.61. The van der Waals surface area contributed by atoms with Crippen molar-refractivity contribution in [1.82, 2.24) is 15.0 Å². The molecule has 0 aliphatic carbocycles. The van der Waals surface area contributed by atoms with Gasteiger partial charge >= 0.3 is 6.09 Å². The van der Waals surface area contributed by atoms with Crippen LogP contribution in [0.4, 0.5) is 4.79 Å². The number of nitrogens with two attached hydrogens (primary N) is 2. The summed E-state index contributed by atoms with van der Waals surface area (Å²) < 4.78 is 12.2. The van der Waals surface area contributed by atoms with Crippen LogP contribution in [0.1, 0.15) is 56.5 Å². The predicted molar refractivity (Wildman–Crippen MR) is 137 cm³/mol. The fraction of sp³-hybridized carbons (Fsp3) is 0.444. The van der Waals surface area contributed by atoms with Crippen LogP contribution < -0.4 is 16.3 Å². The van der Waals surface area contributed by atoms with Crippen LogP contribution in [0.25, 0.3) is 5.57 Å². The first-order valence-electron chi connectivity index (χ1n) is 12.0. The Kier molecular flexibility index (Phi) is 6.92. The quantitative estimate of drug-likeness (QED) is 0.390. The second-order valence-electron chi connectivity index (χ2n) is 10.4. The van der Waals surface area contributed by atoms with Crippen molar-refractivity contribution in [2.75, 3.05) is 27.2 Å². The Morgan fingerprint density at radius 2 is 1.80 bits per heavy atom. The third kappa shape index (κ3) is 5.51. The molecule has 8 nitrogen and oxygen atoms in total. The van der Waals surface area contributed by atoms with Crippen LogP contribution in [0.3, 0.4) is 0 Å². The summed E-state index contributed by atoms with van der Waals surface area (Å²) in [4.78, 5) is 14.4. The molecule has 4 rings (SSSR count). The van der Waals surface area contributed by atoms with Gasteiger partial charge in [0.25, 0.3) is 0 Å². The van der Waals surface area contributed by atoms with Gasteiger partial charge in [-0.2, -0.15) is 5.12 Å². The van der Waals surface area contributed by atoms with Crippen molar-refractivity contribution in [1.29, 1.82) is 0 Å². The molecule has 4 N–H and O–H groups in total. The number of likely N-dealkylation sites (tertiary alicyclic amines) is 1. The van der Waals surface area contributed by atoms with Crippen LogP contribution in [0, 0.1) is 0 Å². The van der Waals surface area contributed by atoms with Gasteiger partial charge in [0.05, 0.1) is 6.17 Å². The van der Waals surface area contributed by atoms with E-state index < -0.39 is 11.2 Å². The number of hydrogen-bond acceptors (Lipinski definition) is 7. The third-order valence-electron chi connectivity index (χ3n) is 6.60.